The molecule has 0 bridgehead atoms. The first-order valence-corrected chi connectivity index (χ1v) is 11.7. The molecule has 3 atom stereocenters. The molecule has 0 aliphatic carbocycles. The van der Waals surface area contributed by atoms with E-state index >= 15 is 0 Å². The van der Waals surface area contributed by atoms with Gasteiger partial charge < -0.3 is 15.2 Å². The summed E-state index contributed by atoms with van der Waals surface area (Å²) < 4.78 is 5.51. The Labute approximate surface area is 193 Å². The Morgan fingerprint density at radius 1 is 1.00 bits per heavy atom. The summed E-state index contributed by atoms with van der Waals surface area (Å²) in [5, 5.41) is 14.4. The molecule has 5 nitrogen and oxygen atoms in total. The van der Waals surface area contributed by atoms with Crippen molar-refractivity contribution < 1.29 is 14.6 Å². The van der Waals surface area contributed by atoms with Crippen molar-refractivity contribution in [1.29, 1.82) is 0 Å². The molecule has 0 saturated carbocycles. The molecular formula is C27H40N2O3. The molecule has 32 heavy (non-hydrogen) atoms. The maximum Gasteiger partial charge on any atom is 0.323 e. The second-order valence-electron chi connectivity index (χ2n) is 9.46. The molecule has 2 rings (SSSR count). The number of nitrogens with one attached hydrogen (secondary N) is 1. The molecule has 0 aliphatic heterocycles. The summed E-state index contributed by atoms with van der Waals surface area (Å²) in [5.74, 6) is -0.279. The molecule has 2 N–H and O–H groups in total. The highest BCUT2D eigenvalue weighted by Crippen LogP contribution is 2.18. The number of carbonyl (C=O) groups is 1. The quantitative estimate of drug-likeness (QED) is 0.475. The van der Waals surface area contributed by atoms with Crippen LogP contribution in [0.2, 0.25) is 0 Å². The van der Waals surface area contributed by atoms with E-state index in [1.807, 2.05) is 64.1 Å². The molecule has 0 heterocycles. The Morgan fingerprint density at radius 2 is 1.50 bits per heavy atom. The lowest BCUT2D eigenvalue weighted by atomic mass is 10.0. The first-order chi connectivity index (χ1) is 15.2. The van der Waals surface area contributed by atoms with Crippen molar-refractivity contribution in [2.75, 3.05) is 6.54 Å². The van der Waals surface area contributed by atoms with E-state index in [9.17, 15) is 9.90 Å². The second kappa shape index (κ2) is 12.7. The van der Waals surface area contributed by atoms with Gasteiger partial charge in [0.15, 0.2) is 0 Å². The third kappa shape index (κ3) is 9.11. The van der Waals surface area contributed by atoms with Crippen LogP contribution in [0.15, 0.2) is 60.7 Å². The zero-order chi connectivity index (χ0) is 23.6. The van der Waals surface area contributed by atoms with Gasteiger partial charge in [0.2, 0.25) is 0 Å². The lowest BCUT2D eigenvalue weighted by Gasteiger charge is -2.36. The Morgan fingerprint density at radius 3 is 1.94 bits per heavy atom. The van der Waals surface area contributed by atoms with E-state index in [0.717, 1.165) is 6.42 Å². The SMILES string of the molecule is CCC[C@H](O)[C@@H](CN[C@@H](C)C(=O)OC(C)(C)C)N(Cc1ccccc1)Cc1ccccc1. The summed E-state index contributed by atoms with van der Waals surface area (Å²) in [4.78, 5) is 14.8. The summed E-state index contributed by atoms with van der Waals surface area (Å²) in [5.41, 5.74) is 1.86. The van der Waals surface area contributed by atoms with Crippen LogP contribution >= 0.6 is 0 Å². The molecule has 0 amide bonds. The van der Waals surface area contributed by atoms with E-state index in [4.69, 9.17) is 4.74 Å². The highest BCUT2D eigenvalue weighted by Gasteiger charge is 2.28. The zero-order valence-electron chi connectivity index (χ0n) is 20.3. The van der Waals surface area contributed by atoms with Crippen LogP contribution < -0.4 is 5.32 Å². The summed E-state index contributed by atoms with van der Waals surface area (Å²) in [6, 6.07) is 20.0. The highest BCUT2D eigenvalue weighted by atomic mass is 16.6. The van der Waals surface area contributed by atoms with Gasteiger partial charge in [-0.05, 0) is 45.2 Å². The maximum atomic E-state index is 12.5. The fourth-order valence-corrected chi connectivity index (χ4v) is 3.69. The Balaban J connectivity index is 2.21. The van der Waals surface area contributed by atoms with Crippen molar-refractivity contribution in [2.45, 2.75) is 84.3 Å². The van der Waals surface area contributed by atoms with Gasteiger partial charge in [-0.25, -0.2) is 0 Å². The minimum Gasteiger partial charge on any atom is -0.459 e. The molecule has 0 radical (unpaired) electrons. The van der Waals surface area contributed by atoms with Gasteiger partial charge in [0, 0.05) is 25.7 Å². The largest absolute Gasteiger partial charge is 0.459 e. The van der Waals surface area contributed by atoms with Gasteiger partial charge >= 0.3 is 5.97 Å². The number of hydrogen-bond donors (Lipinski definition) is 2. The van der Waals surface area contributed by atoms with Crippen LogP contribution in [0.1, 0.15) is 58.6 Å². The molecule has 176 valence electrons. The number of aliphatic hydroxyl groups is 1. The number of esters is 1. The van der Waals surface area contributed by atoms with Crippen LogP contribution in [0.25, 0.3) is 0 Å². The molecule has 0 unspecified atom stereocenters. The normalized spacial score (nSPS) is 14.7. The smallest absolute Gasteiger partial charge is 0.323 e. The van der Waals surface area contributed by atoms with Crippen molar-refractivity contribution in [3.8, 4) is 0 Å². The van der Waals surface area contributed by atoms with Gasteiger partial charge in [-0.1, -0.05) is 74.0 Å². The average molecular weight is 441 g/mol. The topological polar surface area (TPSA) is 61.8 Å². The predicted octanol–water partition coefficient (Wildman–Crippen LogP) is 4.54. The summed E-state index contributed by atoms with van der Waals surface area (Å²) in [6.45, 7) is 11.4. The van der Waals surface area contributed by atoms with Crippen molar-refractivity contribution in [3.05, 3.63) is 71.8 Å². The van der Waals surface area contributed by atoms with Gasteiger partial charge in [-0.2, -0.15) is 0 Å². The number of rotatable bonds is 12. The van der Waals surface area contributed by atoms with Crippen LogP contribution in [-0.2, 0) is 22.6 Å². The predicted molar refractivity (Wildman–Crippen MR) is 130 cm³/mol. The fraction of sp³-hybridized carbons (Fsp3) is 0.519. The second-order valence-corrected chi connectivity index (χ2v) is 9.46. The monoisotopic (exact) mass is 440 g/mol. The minimum absolute atomic E-state index is 0.153. The van der Waals surface area contributed by atoms with E-state index in [-0.39, 0.29) is 12.0 Å². The minimum atomic E-state index is -0.527. The molecule has 0 aliphatic rings. The van der Waals surface area contributed by atoms with Crippen molar-refractivity contribution in [3.63, 3.8) is 0 Å². The number of ether oxygens (including phenoxy) is 1. The lowest BCUT2D eigenvalue weighted by Crippen LogP contribution is -2.52. The highest BCUT2D eigenvalue weighted by molar-refractivity contribution is 5.75. The van der Waals surface area contributed by atoms with Gasteiger partial charge in [-0.15, -0.1) is 0 Å². The third-order valence-electron chi connectivity index (χ3n) is 5.35. The van der Waals surface area contributed by atoms with Gasteiger partial charge in [-0.3, -0.25) is 9.69 Å². The summed E-state index contributed by atoms with van der Waals surface area (Å²) >= 11 is 0. The lowest BCUT2D eigenvalue weighted by molar-refractivity contribution is -0.157. The maximum absolute atomic E-state index is 12.5. The molecule has 0 saturated heterocycles. The summed E-state index contributed by atoms with van der Waals surface area (Å²) in [7, 11) is 0. The van der Waals surface area contributed by atoms with Crippen molar-refractivity contribution in [1.82, 2.24) is 10.2 Å². The number of carbonyl (C=O) groups excluding carboxylic acids is 1. The van der Waals surface area contributed by atoms with Crippen molar-refractivity contribution in [2.24, 2.45) is 0 Å². The first-order valence-electron chi connectivity index (χ1n) is 11.7. The van der Waals surface area contributed by atoms with E-state index < -0.39 is 17.7 Å². The molecule has 2 aromatic carbocycles. The number of aliphatic hydroxyl groups excluding tert-OH is 1. The number of nitrogens with zero attached hydrogens (tertiary/aromatic N) is 1. The van der Waals surface area contributed by atoms with Crippen LogP contribution in [-0.4, -0.2) is 46.3 Å². The van der Waals surface area contributed by atoms with E-state index in [1.165, 1.54) is 11.1 Å². The van der Waals surface area contributed by atoms with Crippen LogP contribution in [0.3, 0.4) is 0 Å². The zero-order valence-corrected chi connectivity index (χ0v) is 20.3. The first kappa shape index (κ1) is 26.0. The van der Waals surface area contributed by atoms with Crippen LogP contribution in [0.5, 0.6) is 0 Å². The van der Waals surface area contributed by atoms with E-state index in [2.05, 4.69) is 41.4 Å². The number of benzene rings is 2. The molecule has 2 aromatic rings. The van der Waals surface area contributed by atoms with Gasteiger partial charge in [0.25, 0.3) is 0 Å². The Hall–Kier alpha value is -2.21. The van der Waals surface area contributed by atoms with Crippen LogP contribution in [0, 0.1) is 0 Å². The summed E-state index contributed by atoms with van der Waals surface area (Å²) in [6.07, 6.45) is 1.09. The molecule has 0 aromatic heterocycles. The van der Waals surface area contributed by atoms with E-state index in [1.54, 1.807) is 0 Å². The Bertz CT molecular complexity index is 748. The van der Waals surface area contributed by atoms with E-state index in [0.29, 0.717) is 26.1 Å². The van der Waals surface area contributed by atoms with Crippen molar-refractivity contribution >= 4 is 5.97 Å². The molecule has 5 heteroatoms. The average Bonchev–Trinajstić information content (AvgIpc) is 2.74. The molecule has 0 spiro atoms. The molecular weight excluding hydrogens is 400 g/mol. The van der Waals surface area contributed by atoms with Crippen LogP contribution in [0.4, 0.5) is 0 Å². The third-order valence-corrected chi connectivity index (χ3v) is 5.35. The van der Waals surface area contributed by atoms with Gasteiger partial charge in [0.05, 0.1) is 6.10 Å². The fourth-order valence-electron chi connectivity index (χ4n) is 3.69. The van der Waals surface area contributed by atoms with Gasteiger partial charge in [0.1, 0.15) is 11.6 Å². The molecule has 0 fully saturated rings. The standard InChI is InChI=1S/C27H40N2O3/c1-6-13-25(30)24(18-28-21(2)26(31)32-27(3,4)5)29(19-22-14-9-7-10-15-22)20-23-16-11-8-12-17-23/h7-12,14-17,21,24-25,28,30H,6,13,18-20H2,1-5H3/t21-,24+,25-/m0/s1. The number of hydrogen-bond acceptors (Lipinski definition) is 5. The Kier molecular flexibility index (Phi) is 10.4.